The van der Waals surface area contributed by atoms with Crippen molar-refractivity contribution in [3.05, 3.63) is 23.3 Å². The second kappa shape index (κ2) is 7.49. The van der Waals surface area contributed by atoms with Gasteiger partial charge in [0, 0.05) is 7.11 Å². The number of carbonyl (C=O) groups excluding carboxylic acids is 2. The Kier molecular flexibility index (Phi) is 5.99. The van der Waals surface area contributed by atoms with Crippen molar-refractivity contribution in [3.8, 4) is 11.5 Å². The van der Waals surface area contributed by atoms with Gasteiger partial charge < -0.3 is 18.9 Å². The molecule has 0 aliphatic rings. The van der Waals surface area contributed by atoms with Crippen LogP contribution in [0, 0.1) is 0 Å². The average Bonchev–Trinajstić information content (AvgIpc) is 2.46. The van der Waals surface area contributed by atoms with E-state index in [1.807, 2.05) is 0 Å². The molecule has 20 heavy (non-hydrogen) atoms. The Morgan fingerprint density at radius 1 is 1.10 bits per heavy atom. The van der Waals surface area contributed by atoms with Gasteiger partial charge in [0.25, 0.3) is 5.78 Å². The fourth-order valence-electron chi connectivity index (χ4n) is 1.80. The summed E-state index contributed by atoms with van der Waals surface area (Å²) in [5, 5.41) is 0. The molecule has 6 heteroatoms. The average molecular weight is 282 g/mol. The summed E-state index contributed by atoms with van der Waals surface area (Å²) in [6, 6.07) is 3.05. The van der Waals surface area contributed by atoms with E-state index in [1.54, 1.807) is 13.0 Å². The number of ether oxygens (including phenoxy) is 4. The topological polar surface area (TPSA) is 71.1 Å². The Morgan fingerprint density at radius 2 is 1.80 bits per heavy atom. The van der Waals surface area contributed by atoms with E-state index in [-0.39, 0.29) is 24.5 Å². The first-order chi connectivity index (χ1) is 9.60. The molecular weight excluding hydrogens is 264 g/mol. The summed E-state index contributed by atoms with van der Waals surface area (Å²) < 4.78 is 20.2. The fourth-order valence-corrected chi connectivity index (χ4v) is 1.80. The van der Waals surface area contributed by atoms with Crippen LogP contribution < -0.4 is 9.47 Å². The van der Waals surface area contributed by atoms with Crippen LogP contribution >= 0.6 is 0 Å². The van der Waals surface area contributed by atoms with Gasteiger partial charge in [0.05, 0.1) is 38.6 Å². The third kappa shape index (κ3) is 3.27. The van der Waals surface area contributed by atoms with Gasteiger partial charge in [-0.05, 0) is 19.1 Å². The first-order valence-electron chi connectivity index (χ1n) is 6.04. The maximum Gasteiger partial charge on any atom is 0.379 e. The minimum Gasteiger partial charge on any atom is -0.496 e. The second-order valence-corrected chi connectivity index (χ2v) is 3.81. The molecule has 0 bridgehead atoms. The van der Waals surface area contributed by atoms with Crippen molar-refractivity contribution in [1.82, 2.24) is 0 Å². The lowest BCUT2D eigenvalue weighted by Gasteiger charge is -2.15. The number of rotatable bonds is 7. The van der Waals surface area contributed by atoms with Crippen molar-refractivity contribution < 1.29 is 28.5 Å². The molecule has 0 unspecified atom stereocenters. The summed E-state index contributed by atoms with van der Waals surface area (Å²) in [5.41, 5.74) is 0.687. The highest BCUT2D eigenvalue weighted by Gasteiger charge is 2.25. The Hall–Kier alpha value is -2.08. The van der Waals surface area contributed by atoms with E-state index in [9.17, 15) is 9.59 Å². The van der Waals surface area contributed by atoms with Gasteiger partial charge in [0.2, 0.25) is 0 Å². The molecule has 0 aromatic heterocycles. The molecule has 0 saturated carbocycles. The summed E-state index contributed by atoms with van der Waals surface area (Å²) in [6.45, 7) is 1.96. The number of hydrogen-bond acceptors (Lipinski definition) is 6. The molecule has 0 heterocycles. The maximum atomic E-state index is 12.0. The van der Waals surface area contributed by atoms with Crippen LogP contribution in [0.15, 0.2) is 12.1 Å². The Morgan fingerprint density at radius 3 is 2.30 bits per heavy atom. The quantitative estimate of drug-likeness (QED) is 0.430. The molecule has 6 nitrogen and oxygen atoms in total. The highest BCUT2D eigenvalue weighted by molar-refractivity contribution is 6.41. The van der Waals surface area contributed by atoms with Gasteiger partial charge in [-0.25, -0.2) is 4.79 Å². The number of ketones is 1. The summed E-state index contributed by atoms with van der Waals surface area (Å²) in [4.78, 5) is 23.6. The van der Waals surface area contributed by atoms with Gasteiger partial charge in [-0.15, -0.1) is 0 Å². The fraction of sp³-hybridized carbons (Fsp3) is 0.429. The van der Waals surface area contributed by atoms with Crippen molar-refractivity contribution in [3.63, 3.8) is 0 Å². The molecule has 0 aliphatic heterocycles. The number of benzene rings is 1. The van der Waals surface area contributed by atoms with Crippen LogP contribution in [0.3, 0.4) is 0 Å². The molecule has 1 rings (SSSR count). The Bertz CT molecular complexity index is 495. The summed E-state index contributed by atoms with van der Waals surface area (Å²) in [7, 11) is 4.43. The number of hydrogen-bond donors (Lipinski definition) is 0. The predicted molar refractivity (Wildman–Crippen MR) is 71.2 cm³/mol. The number of carbonyl (C=O) groups is 2. The van der Waals surface area contributed by atoms with Crippen LogP contribution in [0.1, 0.15) is 22.8 Å². The summed E-state index contributed by atoms with van der Waals surface area (Å²) >= 11 is 0. The van der Waals surface area contributed by atoms with Crippen LogP contribution in [0.25, 0.3) is 0 Å². The molecule has 1 aromatic rings. The zero-order valence-electron chi connectivity index (χ0n) is 12.0. The molecule has 110 valence electrons. The molecule has 0 amide bonds. The van der Waals surface area contributed by atoms with Crippen molar-refractivity contribution in [2.24, 2.45) is 0 Å². The lowest BCUT2D eigenvalue weighted by Crippen LogP contribution is -2.19. The van der Waals surface area contributed by atoms with E-state index in [2.05, 4.69) is 0 Å². The van der Waals surface area contributed by atoms with E-state index in [0.717, 1.165) is 0 Å². The van der Waals surface area contributed by atoms with Gasteiger partial charge in [-0.2, -0.15) is 0 Å². The minimum absolute atomic E-state index is 0.124. The van der Waals surface area contributed by atoms with Crippen molar-refractivity contribution >= 4 is 11.8 Å². The normalized spacial score (nSPS) is 10.0. The van der Waals surface area contributed by atoms with Crippen LogP contribution in [-0.2, 0) is 20.9 Å². The van der Waals surface area contributed by atoms with Gasteiger partial charge in [0.15, 0.2) is 0 Å². The van der Waals surface area contributed by atoms with Gasteiger partial charge in [0.1, 0.15) is 11.5 Å². The molecule has 0 N–H and O–H groups in total. The first-order valence-corrected chi connectivity index (χ1v) is 6.04. The minimum atomic E-state index is -0.917. The maximum absolute atomic E-state index is 12.0. The Balaban J connectivity index is 3.30. The molecule has 0 aliphatic carbocycles. The van der Waals surface area contributed by atoms with Crippen LogP contribution in [-0.4, -0.2) is 39.7 Å². The second-order valence-electron chi connectivity index (χ2n) is 3.81. The lowest BCUT2D eigenvalue weighted by molar-refractivity contribution is -0.137. The predicted octanol–water partition coefficient (Wildman–Crippen LogP) is 1.60. The zero-order valence-corrected chi connectivity index (χ0v) is 12.0. The van der Waals surface area contributed by atoms with Crippen LogP contribution in [0.5, 0.6) is 11.5 Å². The van der Waals surface area contributed by atoms with Crippen LogP contribution in [0.4, 0.5) is 0 Å². The number of Topliss-reactive ketones (excluding diaryl/α,β-unsaturated/α-hetero) is 1. The Labute approximate surface area is 117 Å². The summed E-state index contributed by atoms with van der Waals surface area (Å²) in [5.74, 6) is -0.906. The molecule has 0 atom stereocenters. The van der Waals surface area contributed by atoms with Crippen LogP contribution in [0.2, 0.25) is 0 Å². The largest absolute Gasteiger partial charge is 0.496 e. The van der Waals surface area contributed by atoms with Crippen molar-refractivity contribution in [1.29, 1.82) is 0 Å². The third-order valence-corrected chi connectivity index (χ3v) is 2.64. The monoisotopic (exact) mass is 282 g/mol. The van der Waals surface area contributed by atoms with Gasteiger partial charge in [-0.3, -0.25) is 4.79 Å². The highest BCUT2D eigenvalue weighted by Crippen LogP contribution is 2.33. The van der Waals surface area contributed by atoms with Gasteiger partial charge in [-0.1, -0.05) is 0 Å². The smallest absolute Gasteiger partial charge is 0.379 e. The van der Waals surface area contributed by atoms with E-state index in [0.29, 0.717) is 11.3 Å². The van der Waals surface area contributed by atoms with E-state index >= 15 is 0 Å². The molecule has 1 aromatic carbocycles. The number of esters is 1. The third-order valence-electron chi connectivity index (χ3n) is 2.64. The van der Waals surface area contributed by atoms with E-state index < -0.39 is 11.8 Å². The van der Waals surface area contributed by atoms with Crippen molar-refractivity contribution in [2.45, 2.75) is 13.5 Å². The molecule has 0 fully saturated rings. The first kappa shape index (κ1) is 16.0. The standard InChI is InChI=1S/C14H18O6/c1-5-20-14(16)12(15)9-6-7-11(18-3)10(8-17-2)13(9)19-4/h6-7H,5,8H2,1-4H3. The van der Waals surface area contributed by atoms with Crippen molar-refractivity contribution in [2.75, 3.05) is 27.9 Å². The highest BCUT2D eigenvalue weighted by atomic mass is 16.5. The molecule has 0 spiro atoms. The van der Waals surface area contributed by atoms with E-state index in [1.165, 1.54) is 27.4 Å². The molecular formula is C14H18O6. The molecule has 0 radical (unpaired) electrons. The number of methoxy groups -OCH3 is 3. The SMILES string of the molecule is CCOC(=O)C(=O)c1ccc(OC)c(COC)c1OC. The molecule has 0 saturated heterocycles. The van der Waals surface area contributed by atoms with Gasteiger partial charge >= 0.3 is 5.97 Å². The lowest BCUT2D eigenvalue weighted by atomic mass is 10.0. The van der Waals surface area contributed by atoms with E-state index in [4.69, 9.17) is 18.9 Å². The summed E-state index contributed by atoms with van der Waals surface area (Å²) in [6.07, 6.45) is 0. The zero-order chi connectivity index (χ0) is 15.1.